The summed E-state index contributed by atoms with van der Waals surface area (Å²) in [5, 5.41) is 6.71. The maximum Gasteiger partial charge on any atom is 0.186 e. The molecule has 2 aromatic carbocycles. The Kier molecular flexibility index (Phi) is 6.46. The number of amidine groups is 1. The van der Waals surface area contributed by atoms with Gasteiger partial charge in [-0.15, -0.1) is 0 Å². The smallest absolute Gasteiger partial charge is 0.186 e. The lowest BCUT2D eigenvalue weighted by atomic mass is 10.2. The quantitative estimate of drug-likeness (QED) is 0.576. The van der Waals surface area contributed by atoms with E-state index in [-0.39, 0.29) is 6.73 Å². The molecule has 0 aromatic heterocycles. The number of hydrogen-bond acceptors (Lipinski definition) is 7. The van der Waals surface area contributed by atoms with Crippen LogP contribution >= 0.6 is 15.9 Å². The monoisotopic (exact) mass is 457 g/mol. The summed E-state index contributed by atoms with van der Waals surface area (Å²) in [6.07, 6.45) is 2.90. The van der Waals surface area contributed by atoms with Crippen molar-refractivity contribution in [2.45, 2.75) is 13.0 Å². The summed E-state index contributed by atoms with van der Waals surface area (Å²) in [6, 6.07) is 14.2. The van der Waals surface area contributed by atoms with E-state index in [0.717, 1.165) is 41.1 Å². The topological polar surface area (TPSA) is 84.1 Å². The number of nitrogens with two attached hydrogens (primary N) is 1. The number of nitrogens with zero attached hydrogens (tertiary/aromatic N) is 2. The normalized spacial score (nSPS) is 17.5. The van der Waals surface area contributed by atoms with Crippen LogP contribution in [-0.2, 0) is 11.3 Å². The molecular formula is C21H24BrN5O2. The molecule has 2 aliphatic rings. The van der Waals surface area contributed by atoms with Crippen LogP contribution in [0.3, 0.4) is 0 Å². The van der Waals surface area contributed by atoms with Crippen LogP contribution in [0.1, 0.15) is 12.0 Å². The first-order valence-electron chi connectivity index (χ1n) is 9.58. The summed E-state index contributed by atoms with van der Waals surface area (Å²) >= 11 is 3.49. The van der Waals surface area contributed by atoms with Crippen molar-refractivity contribution in [2.24, 2.45) is 10.7 Å². The molecule has 152 valence electrons. The third-order valence-electron chi connectivity index (χ3n) is 4.62. The summed E-state index contributed by atoms with van der Waals surface area (Å²) in [5.74, 6) is 2.07. The van der Waals surface area contributed by atoms with Gasteiger partial charge in [0.2, 0.25) is 0 Å². The van der Waals surface area contributed by atoms with Gasteiger partial charge in [0.15, 0.2) is 17.3 Å². The van der Waals surface area contributed by atoms with Gasteiger partial charge in [-0.1, -0.05) is 28.1 Å². The molecule has 8 heteroatoms. The molecule has 0 amide bonds. The van der Waals surface area contributed by atoms with E-state index in [9.17, 15) is 0 Å². The largest absolute Gasteiger partial charge is 0.450 e. The standard InChI is InChI=1S/C21H24BrN5O2/c22-16-4-7-18-19(10-16)29-20-12-27(14-28-13-25-21(20)26-18)17-5-2-15(3-6-17)11-24-9-1-8-23/h2-7,10,12,24H,1,8-9,11,13-14,23H2,(H,25,26)/b20-12+. The van der Waals surface area contributed by atoms with Gasteiger partial charge in [-0.2, -0.15) is 0 Å². The summed E-state index contributed by atoms with van der Waals surface area (Å²) < 4.78 is 12.8. The minimum atomic E-state index is 0.258. The van der Waals surface area contributed by atoms with E-state index in [1.807, 2.05) is 29.3 Å². The Hall–Kier alpha value is -2.39. The highest BCUT2D eigenvalue weighted by atomic mass is 79.9. The fourth-order valence-electron chi connectivity index (χ4n) is 3.09. The Labute approximate surface area is 178 Å². The Balaban J connectivity index is 1.52. The van der Waals surface area contributed by atoms with Crippen LogP contribution in [0.25, 0.3) is 0 Å². The second-order valence-corrected chi connectivity index (χ2v) is 7.70. The lowest BCUT2D eigenvalue weighted by molar-refractivity contribution is 0.146. The van der Waals surface area contributed by atoms with Gasteiger partial charge in [0, 0.05) is 16.7 Å². The maximum absolute atomic E-state index is 6.12. The Bertz CT molecular complexity index is 914. The summed E-state index contributed by atoms with van der Waals surface area (Å²) in [7, 11) is 0. The van der Waals surface area contributed by atoms with Gasteiger partial charge in [0.05, 0.1) is 11.9 Å². The molecule has 29 heavy (non-hydrogen) atoms. The first kappa shape index (κ1) is 19.9. The first-order valence-corrected chi connectivity index (χ1v) is 10.4. The molecule has 2 heterocycles. The van der Waals surface area contributed by atoms with Gasteiger partial charge in [0.25, 0.3) is 0 Å². The van der Waals surface area contributed by atoms with Gasteiger partial charge < -0.3 is 30.7 Å². The van der Waals surface area contributed by atoms with E-state index in [4.69, 9.17) is 15.2 Å². The molecular weight excluding hydrogens is 434 g/mol. The SMILES string of the molecule is NCCCNCc1ccc(N2/C=C3/Oc4cc(Br)ccc4NC3=NCOC2)cc1. The van der Waals surface area contributed by atoms with Gasteiger partial charge in [-0.05, 0) is 55.4 Å². The van der Waals surface area contributed by atoms with Crippen molar-refractivity contribution in [2.75, 3.05) is 36.8 Å². The molecule has 4 N–H and O–H groups in total. The molecule has 2 aromatic rings. The third-order valence-corrected chi connectivity index (χ3v) is 5.12. The molecule has 2 aliphatic heterocycles. The molecule has 0 saturated carbocycles. The van der Waals surface area contributed by atoms with E-state index in [0.29, 0.717) is 24.9 Å². The molecule has 0 unspecified atom stereocenters. The summed E-state index contributed by atoms with van der Waals surface area (Å²) in [4.78, 5) is 6.47. The van der Waals surface area contributed by atoms with Crippen molar-refractivity contribution in [3.05, 3.63) is 64.5 Å². The minimum absolute atomic E-state index is 0.258. The number of benzene rings is 2. The van der Waals surface area contributed by atoms with E-state index in [1.165, 1.54) is 5.56 Å². The average molecular weight is 458 g/mol. The van der Waals surface area contributed by atoms with E-state index >= 15 is 0 Å². The van der Waals surface area contributed by atoms with Crippen LogP contribution in [0.15, 0.2) is 63.9 Å². The fourth-order valence-corrected chi connectivity index (χ4v) is 3.43. The zero-order valence-corrected chi connectivity index (χ0v) is 17.6. The highest BCUT2D eigenvalue weighted by molar-refractivity contribution is 9.10. The summed E-state index contributed by atoms with van der Waals surface area (Å²) in [6.45, 7) is 3.11. The van der Waals surface area contributed by atoms with Crippen molar-refractivity contribution in [3.63, 3.8) is 0 Å². The third kappa shape index (κ3) is 4.97. The van der Waals surface area contributed by atoms with Crippen LogP contribution in [-0.4, -0.2) is 32.4 Å². The van der Waals surface area contributed by atoms with E-state index in [1.54, 1.807) is 0 Å². The second kappa shape index (κ2) is 9.41. The lowest BCUT2D eigenvalue weighted by Gasteiger charge is -2.28. The lowest BCUT2D eigenvalue weighted by Crippen LogP contribution is -2.31. The maximum atomic E-state index is 6.12. The predicted molar refractivity (Wildman–Crippen MR) is 119 cm³/mol. The minimum Gasteiger partial charge on any atom is -0.450 e. The number of halogens is 1. The van der Waals surface area contributed by atoms with Crippen molar-refractivity contribution >= 4 is 33.1 Å². The number of anilines is 2. The van der Waals surface area contributed by atoms with Crippen LogP contribution in [0.5, 0.6) is 5.75 Å². The molecule has 0 fully saturated rings. The highest BCUT2D eigenvalue weighted by Crippen LogP contribution is 2.34. The van der Waals surface area contributed by atoms with Crippen LogP contribution in [0.4, 0.5) is 11.4 Å². The van der Waals surface area contributed by atoms with Crippen molar-refractivity contribution in [1.82, 2.24) is 5.32 Å². The molecule has 0 radical (unpaired) electrons. The molecule has 0 atom stereocenters. The fraction of sp³-hybridized carbons (Fsp3) is 0.286. The van der Waals surface area contributed by atoms with Crippen molar-refractivity contribution in [3.8, 4) is 5.75 Å². The van der Waals surface area contributed by atoms with Crippen LogP contribution in [0.2, 0.25) is 0 Å². The Morgan fingerprint density at radius 2 is 2.07 bits per heavy atom. The van der Waals surface area contributed by atoms with Crippen LogP contribution in [0, 0.1) is 0 Å². The van der Waals surface area contributed by atoms with Gasteiger partial charge >= 0.3 is 0 Å². The highest BCUT2D eigenvalue weighted by Gasteiger charge is 2.23. The number of hydrogen-bond donors (Lipinski definition) is 3. The number of rotatable bonds is 6. The molecule has 7 nitrogen and oxygen atoms in total. The van der Waals surface area contributed by atoms with Crippen LogP contribution < -0.4 is 26.0 Å². The Morgan fingerprint density at radius 1 is 1.21 bits per heavy atom. The Morgan fingerprint density at radius 3 is 2.90 bits per heavy atom. The molecule has 0 aliphatic carbocycles. The van der Waals surface area contributed by atoms with Gasteiger partial charge in [-0.3, -0.25) is 0 Å². The molecule has 4 rings (SSSR count). The van der Waals surface area contributed by atoms with E-state index in [2.05, 4.69) is 55.8 Å². The van der Waals surface area contributed by atoms with Gasteiger partial charge in [0.1, 0.15) is 13.5 Å². The number of nitrogens with one attached hydrogen (secondary N) is 2. The molecule has 0 bridgehead atoms. The van der Waals surface area contributed by atoms with Crippen molar-refractivity contribution < 1.29 is 9.47 Å². The first-order chi connectivity index (χ1) is 14.2. The van der Waals surface area contributed by atoms with Crippen molar-refractivity contribution in [1.29, 1.82) is 0 Å². The molecule has 0 spiro atoms. The molecule has 0 saturated heterocycles. The zero-order chi connectivity index (χ0) is 20.1. The zero-order valence-electron chi connectivity index (χ0n) is 16.0. The predicted octanol–water partition coefficient (Wildman–Crippen LogP) is 3.38. The number of aliphatic imine (C=N–C) groups is 1. The number of fused-ring (bicyclic) bond motifs is 2. The summed E-state index contributed by atoms with van der Waals surface area (Å²) in [5.41, 5.74) is 8.65. The average Bonchev–Trinajstić information content (AvgIpc) is 2.72. The van der Waals surface area contributed by atoms with Gasteiger partial charge in [-0.25, -0.2) is 4.99 Å². The number of ether oxygens (including phenoxy) is 2. The van der Waals surface area contributed by atoms with E-state index < -0.39 is 0 Å². The second-order valence-electron chi connectivity index (χ2n) is 6.79.